The standard InChI is InChI=1S/C13H16FN3O/c1-3-10(15)7-12-16-13(18-17-12)11-6-9(14)5-4-8(11)2/h4-6,10H,3,7,15H2,1-2H3. The van der Waals surface area contributed by atoms with Crippen LogP contribution in [-0.2, 0) is 6.42 Å². The fourth-order valence-electron chi connectivity index (χ4n) is 1.65. The van der Waals surface area contributed by atoms with E-state index < -0.39 is 0 Å². The van der Waals surface area contributed by atoms with Crippen molar-refractivity contribution in [1.29, 1.82) is 0 Å². The summed E-state index contributed by atoms with van der Waals surface area (Å²) in [6, 6.07) is 4.51. The zero-order valence-electron chi connectivity index (χ0n) is 10.5. The van der Waals surface area contributed by atoms with E-state index in [9.17, 15) is 4.39 Å². The third-order valence-electron chi connectivity index (χ3n) is 2.87. The van der Waals surface area contributed by atoms with Gasteiger partial charge in [-0.15, -0.1) is 0 Å². The highest BCUT2D eigenvalue weighted by molar-refractivity contribution is 5.58. The number of benzene rings is 1. The Kier molecular flexibility index (Phi) is 3.72. The van der Waals surface area contributed by atoms with Gasteiger partial charge in [0.05, 0.1) is 0 Å². The van der Waals surface area contributed by atoms with E-state index in [1.54, 1.807) is 6.07 Å². The molecule has 18 heavy (non-hydrogen) atoms. The average Bonchev–Trinajstić information content (AvgIpc) is 2.80. The van der Waals surface area contributed by atoms with Gasteiger partial charge in [0.1, 0.15) is 5.82 Å². The Hall–Kier alpha value is -1.75. The number of aryl methyl sites for hydroxylation is 1. The highest BCUT2D eigenvalue weighted by Gasteiger charge is 2.13. The molecule has 1 heterocycles. The minimum absolute atomic E-state index is 0.0176. The molecule has 0 aliphatic heterocycles. The molecule has 1 aromatic heterocycles. The van der Waals surface area contributed by atoms with Crippen LogP contribution in [0.2, 0.25) is 0 Å². The van der Waals surface area contributed by atoms with Crippen molar-refractivity contribution >= 4 is 0 Å². The molecule has 0 saturated heterocycles. The van der Waals surface area contributed by atoms with E-state index in [0.717, 1.165) is 12.0 Å². The summed E-state index contributed by atoms with van der Waals surface area (Å²) in [5, 5.41) is 3.86. The van der Waals surface area contributed by atoms with Crippen LogP contribution in [0.3, 0.4) is 0 Å². The van der Waals surface area contributed by atoms with Crippen LogP contribution >= 0.6 is 0 Å². The molecule has 2 N–H and O–H groups in total. The molecular formula is C13H16FN3O. The normalized spacial score (nSPS) is 12.7. The molecule has 0 saturated carbocycles. The molecule has 1 atom stereocenters. The lowest BCUT2D eigenvalue weighted by Gasteiger charge is -2.03. The van der Waals surface area contributed by atoms with Crippen LogP contribution in [-0.4, -0.2) is 16.2 Å². The van der Waals surface area contributed by atoms with Crippen LogP contribution < -0.4 is 5.73 Å². The maximum Gasteiger partial charge on any atom is 0.258 e. The van der Waals surface area contributed by atoms with Crippen molar-refractivity contribution in [2.24, 2.45) is 5.73 Å². The summed E-state index contributed by atoms with van der Waals surface area (Å²) >= 11 is 0. The van der Waals surface area contributed by atoms with E-state index in [1.165, 1.54) is 12.1 Å². The van der Waals surface area contributed by atoms with Crippen molar-refractivity contribution in [3.8, 4) is 11.5 Å². The summed E-state index contributed by atoms with van der Waals surface area (Å²) in [5.41, 5.74) is 7.34. The van der Waals surface area contributed by atoms with E-state index in [1.807, 2.05) is 13.8 Å². The molecule has 0 spiro atoms. The SMILES string of the molecule is CCC(N)Cc1noc(-c2cc(F)ccc2C)n1. The molecule has 5 heteroatoms. The minimum Gasteiger partial charge on any atom is -0.334 e. The molecule has 0 radical (unpaired) electrons. The first kappa shape index (κ1) is 12.7. The van der Waals surface area contributed by atoms with Gasteiger partial charge < -0.3 is 10.3 Å². The average molecular weight is 249 g/mol. The van der Waals surface area contributed by atoms with Crippen molar-refractivity contribution in [2.75, 3.05) is 0 Å². The van der Waals surface area contributed by atoms with E-state index in [4.69, 9.17) is 10.3 Å². The topological polar surface area (TPSA) is 64.9 Å². The van der Waals surface area contributed by atoms with Crippen LogP contribution in [0, 0.1) is 12.7 Å². The Bertz CT molecular complexity index is 539. The van der Waals surface area contributed by atoms with Crippen LogP contribution in [0.4, 0.5) is 4.39 Å². The molecule has 0 aliphatic rings. The summed E-state index contributed by atoms with van der Waals surface area (Å²) in [4.78, 5) is 4.25. The van der Waals surface area contributed by atoms with Gasteiger partial charge in [0.25, 0.3) is 5.89 Å². The molecule has 96 valence electrons. The van der Waals surface area contributed by atoms with Gasteiger partial charge in [0, 0.05) is 18.0 Å². The molecule has 2 rings (SSSR count). The van der Waals surface area contributed by atoms with Gasteiger partial charge in [-0.25, -0.2) is 4.39 Å². The second kappa shape index (κ2) is 5.27. The van der Waals surface area contributed by atoms with Gasteiger partial charge in [-0.3, -0.25) is 0 Å². The number of halogens is 1. The summed E-state index contributed by atoms with van der Waals surface area (Å²) < 4.78 is 18.3. The lowest BCUT2D eigenvalue weighted by molar-refractivity contribution is 0.418. The maximum atomic E-state index is 13.2. The second-order valence-corrected chi connectivity index (χ2v) is 4.35. The number of nitrogens with two attached hydrogens (primary N) is 1. The Labute approximate surface area is 105 Å². The third kappa shape index (κ3) is 2.73. The van der Waals surface area contributed by atoms with Crippen molar-refractivity contribution in [3.63, 3.8) is 0 Å². The van der Waals surface area contributed by atoms with Gasteiger partial charge in [-0.1, -0.05) is 18.1 Å². The summed E-state index contributed by atoms with van der Waals surface area (Å²) in [6.45, 7) is 3.87. The molecule has 0 aliphatic carbocycles. The molecule has 1 unspecified atom stereocenters. The van der Waals surface area contributed by atoms with Crippen molar-refractivity contribution in [2.45, 2.75) is 32.7 Å². The first-order valence-corrected chi connectivity index (χ1v) is 5.95. The summed E-state index contributed by atoms with van der Waals surface area (Å²) in [6.07, 6.45) is 1.41. The highest BCUT2D eigenvalue weighted by atomic mass is 19.1. The lowest BCUT2D eigenvalue weighted by atomic mass is 10.1. The number of rotatable bonds is 4. The zero-order chi connectivity index (χ0) is 13.1. The molecule has 0 bridgehead atoms. The van der Waals surface area contributed by atoms with Gasteiger partial charge in [-0.05, 0) is 31.0 Å². The Morgan fingerprint density at radius 3 is 2.94 bits per heavy atom. The predicted octanol–water partition coefficient (Wildman–Crippen LogP) is 2.46. The minimum atomic E-state index is -0.319. The molecule has 2 aromatic rings. The first-order chi connectivity index (χ1) is 8.60. The van der Waals surface area contributed by atoms with Gasteiger partial charge in [0.15, 0.2) is 5.82 Å². The fourth-order valence-corrected chi connectivity index (χ4v) is 1.65. The van der Waals surface area contributed by atoms with E-state index in [-0.39, 0.29) is 11.9 Å². The number of hydrogen-bond donors (Lipinski definition) is 1. The quantitative estimate of drug-likeness (QED) is 0.904. The van der Waals surface area contributed by atoms with Gasteiger partial charge >= 0.3 is 0 Å². The zero-order valence-corrected chi connectivity index (χ0v) is 10.5. The summed E-state index contributed by atoms with van der Waals surface area (Å²) in [7, 11) is 0. The van der Waals surface area contributed by atoms with E-state index in [0.29, 0.717) is 23.7 Å². The van der Waals surface area contributed by atoms with Crippen LogP contribution in [0.5, 0.6) is 0 Å². The highest BCUT2D eigenvalue weighted by Crippen LogP contribution is 2.22. The summed E-state index contributed by atoms with van der Waals surface area (Å²) in [5.74, 6) is 0.578. The van der Waals surface area contributed by atoms with Crippen molar-refractivity contribution < 1.29 is 8.91 Å². The second-order valence-electron chi connectivity index (χ2n) is 4.35. The van der Waals surface area contributed by atoms with Crippen LogP contribution in [0.15, 0.2) is 22.7 Å². The Balaban J connectivity index is 2.26. The van der Waals surface area contributed by atoms with E-state index >= 15 is 0 Å². The predicted molar refractivity (Wildman–Crippen MR) is 66.4 cm³/mol. The van der Waals surface area contributed by atoms with E-state index in [2.05, 4.69) is 10.1 Å². The molecule has 0 amide bonds. The van der Waals surface area contributed by atoms with Crippen LogP contribution in [0.1, 0.15) is 24.7 Å². The third-order valence-corrected chi connectivity index (χ3v) is 2.87. The van der Waals surface area contributed by atoms with Crippen LogP contribution in [0.25, 0.3) is 11.5 Å². The largest absolute Gasteiger partial charge is 0.334 e. The molecule has 4 nitrogen and oxygen atoms in total. The first-order valence-electron chi connectivity index (χ1n) is 5.95. The molecule has 1 aromatic carbocycles. The fraction of sp³-hybridized carbons (Fsp3) is 0.385. The molecular weight excluding hydrogens is 233 g/mol. The maximum absolute atomic E-state index is 13.2. The number of aromatic nitrogens is 2. The smallest absolute Gasteiger partial charge is 0.258 e. The Morgan fingerprint density at radius 1 is 1.44 bits per heavy atom. The number of hydrogen-bond acceptors (Lipinski definition) is 4. The monoisotopic (exact) mass is 249 g/mol. The van der Waals surface area contributed by atoms with Crippen molar-refractivity contribution in [1.82, 2.24) is 10.1 Å². The number of nitrogens with zero attached hydrogens (tertiary/aromatic N) is 2. The van der Waals surface area contributed by atoms with Gasteiger partial charge in [0.2, 0.25) is 0 Å². The van der Waals surface area contributed by atoms with Crippen molar-refractivity contribution in [3.05, 3.63) is 35.4 Å². The van der Waals surface area contributed by atoms with Gasteiger partial charge in [-0.2, -0.15) is 4.98 Å². The lowest BCUT2D eigenvalue weighted by Crippen LogP contribution is -2.21. The Morgan fingerprint density at radius 2 is 2.22 bits per heavy atom. The molecule has 0 fully saturated rings.